The van der Waals surface area contributed by atoms with Gasteiger partial charge in [0.1, 0.15) is 0 Å². The molecule has 7 nitrogen and oxygen atoms in total. The van der Waals surface area contributed by atoms with Crippen LogP contribution in [0.3, 0.4) is 0 Å². The third kappa shape index (κ3) is 4.01. The molecule has 1 N–H and O–H groups in total. The lowest BCUT2D eigenvalue weighted by Gasteiger charge is -2.38. The van der Waals surface area contributed by atoms with E-state index in [1.54, 1.807) is 24.3 Å². The maximum Gasteiger partial charge on any atom is 0.439 e. The summed E-state index contributed by atoms with van der Waals surface area (Å²) in [7, 11) is 0. The molecule has 2 aromatic carbocycles. The summed E-state index contributed by atoms with van der Waals surface area (Å²) in [6.45, 7) is 9.64. The second kappa shape index (κ2) is 7.82. The van der Waals surface area contributed by atoms with Gasteiger partial charge in [-0.2, -0.15) is 0 Å². The number of piperazine rings is 1. The number of nitrogens with zero attached hydrogens (tertiary/aromatic N) is 3. The third-order valence-electron chi connectivity index (χ3n) is 5.47. The number of benzene rings is 2. The zero-order valence-electron chi connectivity index (χ0n) is 17.5. The summed E-state index contributed by atoms with van der Waals surface area (Å²) in [6, 6.07) is 15.6. The fourth-order valence-electron chi connectivity index (χ4n) is 3.84. The second-order valence-electron chi connectivity index (χ2n) is 8.57. The summed E-state index contributed by atoms with van der Waals surface area (Å²) >= 11 is 0. The molecule has 0 saturated carbocycles. The zero-order valence-corrected chi connectivity index (χ0v) is 17.5. The molecule has 0 aliphatic carbocycles. The van der Waals surface area contributed by atoms with Gasteiger partial charge in [0.25, 0.3) is 5.91 Å². The van der Waals surface area contributed by atoms with Gasteiger partial charge in [0.2, 0.25) is 0 Å². The van der Waals surface area contributed by atoms with Crippen molar-refractivity contribution in [1.82, 2.24) is 15.0 Å². The van der Waals surface area contributed by atoms with Crippen LogP contribution in [0.15, 0.2) is 57.8 Å². The summed E-state index contributed by atoms with van der Waals surface area (Å²) in [4.78, 5) is 30.8. The van der Waals surface area contributed by atoms with Crippen molar-refractivity contribution in [3.05, 3.63) is 70.2 Å². The zero-order chi connectivity index (χ0) is 21.3. The molecule has 30 heavy (non-hydrogen) atoms. The van der Waals surface area contributed by atoms with Gasteiger partial charge < -0.3 is 9.80 Å². The summed E-state index contributed by atoms with van der Waals surface area (Å²) in [5.41, 5.74) is 3.96. The molecular weight excluding hydrogens is 380 g/mol. The van der Waals surface area contributed by atoms with Crippen LogP contribution in [0.1, 0.15) is 36.7 Å². The lowest BCUT2D eigenvalue weighted by molar-refractivity contribution is 0.0746. The number of carbonyl (C=O) groups is 1. The standard InChI is InChI=1S/C23H26N4O3/c1-23(2,3)18-6-4-5-7-19(18)26-12-14-27(15-13-26)21(28)17-10-8-16(9-11-17)20-24-22(29)30-25-20/h4-11H,12-15H2,1-3H3,(H,24,25,29). The van der Waals surface area contributed by atoms with E-state index >= 15 is 0 Å². The average Bonchev–Trinajstić information content (AvgIpc) is 3.19. The Bertz CT molecular complexity index is 1080. The molecule has 0 radical (unpaired) electrons. The molecule has 1 amide bonds. The Morgan fingerprint density at radius 3 is 2.27 bits per heavy atom. The van der Waals surface area contributed by atoms with E-state index < -0.39 is 5.76 Å². The van der Waals surface area contributed by atoms with Crippen LogP contribution in [0.4, 0.5) is 5.69 Å². The smallest absolute Gasteiger partial charge is 0.368 e. The van der Waals surface area contributed by atoms with E-state index in [0.717, 1.165) is 13.1 Å². The van der Waals surface area contributed by atoms with Gasteiger partial charge in [-0.15, -0.1) is 0 Å². The molecule has 0 bridgehead atoms. The van der Waals surface area contributed by atoms with Crippen molar-refractivity contribution >= 4 is 11.6 Å². The summed E-state index contributed by atoms with van der Waals surface area (Å²) in [6.07, 6.45) is 0. The molecule has 0 unspecified atom stereocenters. The molecule has 1 aliphatic heterocycles. The number of aromatic amines is 1. The van der Waals surface area contributed by atoms with Crippen LogP contribution in [-0.4, -0.2) is 47.1 Å². The molecule has 0 atom stereocenters. The van der Waals surface area contributed by atoms with Crippen LogP contribution < -0.4 is 10.7 Å². The van der Waals surface area contributed by atoms with Crippen molar-refractivity contribution < 1.29 is 9.32 Å². The monoisotopic (exact) mass is 406 g/mol. The quantitative estimate of drug-likeness (QED) is 0.722. The third-order valence-corrected chi connectivity index (χ3v) is 5.47. The van der Waals surface area contributed by atoms with Crippen molar-refractivity contribution in [2.75, 3.05) is 31.1 Å². The summed E-state index contributed by atoms with van der Waals surface area (Å²) in [5, 5.41) is 3.67. The second-order valence-corrected chi connectivity index (χ2v) is 8.57. The van der Waals surface area contributed by atoms with Crippen molar-refractivity contribution in [3.8, 4) is 11.4 Å². The topological polar surface area (TPSA) is 82.4 Å². The minimum absolute atomic E-state index is 0.0129. The number of hydrogen-bond acceptors (Lipinski definition) is 5. The molecule has 1 saturated heterocycles. The average molecular weight is 406 g/mol. The molecule has 156 valence electrons. The molecular formula is C23H26N4O3. The van der Waals surface area contributed by atoms with E-state index in [1.807, 2.05) is 4.90 Å². The maximum absolute atomic E-state index is 12.9. The highest BCUT2D eigenvalue weighted by atomic mass is 16.5. The Morgan fingerprint density at radius 2 is 1.67 bits per heavy atom. The van der Waals surface area contributed by atoms with Gasteiger partial charge in [0.05, 0.1) is 0 Å². The highest BCUT2D eigenvalue weighted by molar-refractivity contribution is 5.94. The number of anilines is 1. The van der Waals surface area contributed by atoms with Crippen LogP contribution in [0.5, 0.6) is 0 Å². The molecule has 4 rings (SSSR count). The Labute approximate surface area is 175 Å². The Hall–Kier alpha value is -3.35. The highest BCUT2D eigenvalue weighted by Gasteiger charge is 2.26. The first-order chi connectivity index (χ1) is 14.3. The molecule has 2 heterocycles. The SMILES string of the molecule is CC(C)(C)c1ccccc1N1CCN(C(=O)c2ccc(-c3noc(=O)[nH]3)cc2)CC1. The normalized spacial score (nSPS) is 14.8. The Morgan fingerprint density at radius 1 is 1.00 bits per heavy atom. The van der Waals surface area contributed by atoms with E-state index in [9.17, 15) is 9.59 Å². The number of rotatable bonds is 3. The fourth-order valence-corrected chi connectivity index (χ4v) is 3.84. The highest BCUT2D eigenvalue weighted by Crippen LogP contribution is 2.32. The number of carbonyl (C=O) groups excluding carboxylic acids is 1. The predicted molar refractivity (Wildman–Crippen MR) is 116 cm³/mol. The van der Waals surface area contributed by atoms with E-state index in [-0.39, 0.29) is 11.3 Å². The van der Waals surface area contributed by atoms with Crippen molar-refractivity contribution in [2.24, 2.45) is 0 Å². The number of aromatic nitrogens is 2. The summed E-state index contributed by atoms with van der Waals surface area (Å²) in [5.74, 6) is -0.236. The van der Waals surface area contributed by atoms with Gasteiger partial charge in [-0.05, 0) is 29.2 Å². The van der Waals surface area contributed by atoms with Gasteiger partial charge in [-0.1, -0.05) is 56.3 Å². The maximum atomic E-state index is 12.9. The lowest BCUT2D eigenvalue weighted by Crippen LogP contribution is -2.49. The fraction of sp³-hybridized carbons (Fsp3) is 0.348. The minimum Gasteiger partial charge on any atom is -0.368 e. The first-order valence-corrected chi connectivity index (χ1v) is 10.1. The van der Waals surface area contributed by atoms with Gasteiger partial charge >= 0.3 is 5.76 Å². The molecule has 1 aromatic heterocycles. The van der Waals surface area contributed by atoms with Gasteiger partial charge in [0.15, 0.2) is 5.82 Å². The van der Waals surface area contributed by atoms with Crippen LogP contribution in [-0.2, 0) is 5.41 Å². The van der Waals surface area contributed by atoms with E-state index in [4.69, 9.17) is 0 Å². The van der Waals surface area contributed by atoms with Crippen LogP contribution >= 0.6 is 0 Å². The van der Waals surface area contributed by atoms with Crippen molar-refractivity contribution in [2.45, 2.75) is 26.2 Å². The molecule has 0 spiro atoms. The first-order valence-electron chi connectivity index (χ1n) is 10.1. The predicted octanol–water partition coefficient (Wildman–Crippen LogP) is 3.29. The Kier molecular flexibility index (Phi) is 5.20. The molecule has 1 aliphatic rings. The van der Waals surface area contributed by atoms with Crippen LogP contribution in [0.2, 0.25) is 0 Å². The van der Waals surface area contributed by atoms with Gasteiger partial charge in [0, 0.05) is 43.0 Å². The molecule has 3 aromatic rings. The van der Waals surface area contributed by atoms with Gasteiger partial charge in [-0.25, -0.2) is 4.79 Å². The van der Waals surface area contributed by atoms with Crippen LogP contribution in [0, 0.1) is 0 Å². The van der Waals surface area contributed by atoms with E-state index in [0.29, 0.717) is 30.0 Å². The number of nitrogens with one attached hydrogen (secondary N) is 1. The number of hydrogen-bond donors (Lipinski definition) is 1. The molecule has 1 fully saturated rings. The summed E-state index contributed by atoms with van der Waals surface area (Å²) < 4.78 is 4.53. The molecule has 7 heteroatoms. The number of H-pyrrole nitrogens is 1. The van der Waals surface area contributed by atoms with E-state index in [2.05, 4.69) is 64.6 Å². The largest absolute Gasteiger partial charge is 0.439 e. The first kappa shape index (κ1) is 19.9. The number of amides is 1. The van der Waals surface area contributed by atoms with Crippen molar-refractivity contribution in [3.63, 3.8) is 0 Å². The minimum atomic E-state index is -0.601. The number of para-hydroxylation sites is 1. The van der Waals surface area contributed by atoms with E-state index in [1.165, 1.54) is 11.3 Å². The lowest BCUT2D eigenvalue weighted by atomic mass is 9.85. The Balaban J connectivity index is 1.43. The van der Waals surface area contributed by atoms with Crippen LogP contribution in [0.25, 0.3) is 11.4 Å². The van der Waals surface area contributed by atoms with Crippen molar-refractivity contribution in [1.29, 1.82) is 0 Å². The van der Waals surface area contributed by atoms with Gasteiger partial charge in [-0.3, -0.25) is 14.3 Å².